The minimum absolute atomic E-state index is 0.565. The predicted octanol–water partition coefficient (Wildman–Crippen LogP) is 4.61. The first-order chi connectivity index (χ1) is 10.1. The van der Waals surface area contributed by atoms with E-state index in [9.17, 15) is 0 Å². The van der Waals surface area contributed by atoms with E-state index >= 15 is 0 Å². The molecule has 0 fully saturated rings. The molecule has 3 rings (SSSR count). The zero-order chi connectivity index (χ0) is 14.8. The maximum absolute atomic E-state index is 6.21. The Morgan fingerprint density at radius 1 is 1.10 bits per heavy atom. The van der Waals surface area contributed by atoms with Gasteiger partial charge in [0.25, 0.3) is 0 Å². The van der Waals surface area contributed by atoms with Gasteiger partial charge >= 0.3 is 0 Å². The molecule has 0 aliphatic rings. The van der Waals surface area contributed by atoms with Crippen LogP contribution >= 0.6 is 23.2 Å². The van der Waals surface area contributed by atoms with Gasteiger partial charge in [0.1, 0.15) is 5.69 Å². The van der Waals surface area contributed by atoms with E-state index < -0.39 is 0 Å². The van der Waals surface area contributed by atoms with Crippen molar-refractivity contribution in [3.63, 3.8) is 0 Å². The zero-order valence-corrected chi connectivity index (χ0v) is 12.9. The monoisotopic (exact) mass is 317 g/mol. The lowest BCUT2D eigenvalue weighted by Gasteiger charge is -2.06. The first-order valence-corrected chi connectivity index (χ1v) is 7.27. The minimum Gasteiger partial charge on any atom is -0.332 e. The molecule has 0 aliphatic carbocycles. The number of aromatic nitrogens is 3. The zero-order valence-electron chi connectivity index (χ0n) is 11.4. The summed E-state index contributed by atoms with van der Waals surface area (Å²) < 4.78 is 1.97. The molecule has 0 atom stereocenters. The van der Waals surface area contributed by atoms with Gasteiger partial charge in [0, 0.05) is 12.4 Å². The standard InChI is InChI=1S/C16H13Cl2N3/c1-11-5-6-19-14(7-11)15-9-21(10-20-15)8-12-3-2-4-13(17)16(12)18/h2-7,9-10H,8H2,1H3. The number of halogens is 2. The van der Waals surface area contributed by atoms with Crippen LogP contribution in [-0.2, 0) is 6.54 Å². The van der Waals surface area contributed by atoms with E-state index in [1.807, 2.05) is 42.0 Å². The summed E-state index contributed by atoms with van der Waals surface area (Å²) in [5.41, 5.74) is 3.83. The summed E-state index contributed by atoms with van der Waals surface area (Å²) in [7, 11) is 0. The lowest BCUT2D eigenvalue weighted by molar-refractivity contribution is 0.798. The van der Waals surface area contributed by atoms with Gasteiger partial charge in [-0.05, 0) is 36.2 Å². The Morgan fingerprint density at radius 3 is 2.76 bits per heavy atom. The molecule has 1 aromatic carbocycles. The molecule has 2 heterocycles. The Morgan fingerprint density at radius 2 is 1.95 bits per heavy atom. The van der Waals surface area contributed by atoms with Crippen molar-refractivity contribution in [2.24, 2.45) is 0 Å². The van der Waals surface area contributed by atoms with Crippen LogP contribution < -0.4 is 0 Å². The van der Waals surface area contributed by atoms with Crippen LogP contribution in [0.3, 0.4) is 0 Å². The van der Waals surface area contributed by atoms with Crippen molar-refractivity contribution < 1.29 is 0 Å². The van der Waals surface area contributed by atoms with Crippen LogP contribution in [0.25, 0.3) is 11.4 Å². The van der Waals surface area contributed by atoms with E-state index in [0.717, 1.165) is 22.5 Å². The molecule has 0 aliphatic heterocycles. The molecule has 0 N–H and O–H groups in total. The second-order valence-corrected chi connectivity index (χ2v) is 5.65. The average molecular weight is 318 g/mol. The maximum Gasteiger partial charge on any atom is 0.107 e. The minimum atomic E-state index is 0.565. The van der Waals surface area contributed by atoms with Crippen LogP contribution in [-0.4, -0.2) is 14.5 Å². The first-order valence-electron chi connectivity index (χ1n) is 6.51. The number of imidazole rings is 1. The Labute approximate surface area is 133 Å². The molecule has 2 aromatic heterocycles. The molecule has 5 heteroatoms. The lowest BCUT2D eigenvalue weighted by atomic mass is 10.2. The van der Waals surface area contributed by atoms with Crippen molar-refractivity contribution in [2.75, 3.05) is 0 Å². The van der Waals surface area contributed by atoms with Gasteiger partial charge in [0.05, 0.1) is 28.6 Å². The molecule has 0 radical (unpaired) electrons. The third kappa shape index (κ3) is 3.09. The second-order valence-electron chi connectivity index (χ2n) is 4.86. The smallest absolute Gasteiger partial charge is 0.107 e. The third-order valence-electron chi connectivity index (χ3n) is 3.20. The fourth-order valence-corrected chi connectivity index (χ4v) is 2.50. The molecule has 0 spiro atoms. The first kappa shape index (κ1) is 14.1. The molecule has 21 heavy (non-hydrogen) atoms. The number of nitrogens with zero attached hydrogens (tertiary/aromatic N) is 3. The number of aryl methyl sites for hydroxylation is 1. The van der Waals surface area contributed by atoms with Crippen LogP contribution in [0.2, 0.25) is 10.0 Å². The summed E-state index contributed by atoms with van der Waals surface area (Å²) in [4.78, 5) is 8.74. The molecule has 0 bridgehead atoms. The van der Waals surface area contributed by atoms with E-state index in [4.69, 9.17) is 23.2 Å². The molecule has 0 saturated heterocycles. The van der Waals surface area contributed by atoms with Gasteiger partial charge < -0.3 is 4.57 Å². The highest BCUT2D eigenvalue weighted by Gasteiger charge is 2.07. The molecule has 106 valence electrons. The van der Waals surface area contributed by atoms with Gasteiger partial charge in [-0.3, -0.25) is 4.98 Å². The van der Waals surface area contributed by atoms with Crippen molar-refractivity contribution in [1.29, 1.82) is 0 Å². The predicted molar refractivity (Wildman–Crippen MR) is 85.8 cm³/mol. The number of hydrogen-bond acceptors (Lipinski definition) is 2. The van der Waals surface area contributed by atoms with Crippen LogP contribution in [0.4, 0.5) is 0 Å². The van der Waals surface area contributed by atoms with Crippen molar-refractivity contribution >= 4 is 23.2 Å². The van der Waals surface area contributed by atoms with E-state index in [2.05, 4.69) is 9.97 Å². The van der Waals surface area contributed by atoms with Crippen LogP contribution in [0.1, 0.15) is 11.1 Å². The van der Waals surface area contributed by atoms with Gasteiger partial charge in [0.15, 0.2) is 0 Å². The van der Waals surface area contributed by atoms with Crippen molar-refractivity contribution in [1.82, 2.24) is 14.5 Å². The maximum atomic E-state index is 6.21. The van der Waals surface area contributed by atoms with E-state index in [-0.39, 0.29) is 0 Å². The van der Waals surface area contributed by atoms with Gasteiger partial charge in [0.2, 0.25) is 0 Å². The molecule has 0 saturated carbocycles. The van der Waals surface area contributed by atoms with Crippen molar-refractivity contribution in [3.05, 3.63) is 70.2 Å². The number of hydrogen-bond donors (Lipinski definition) is 0. The fraction of sp³-hybridized carbons (Fsp3) is 0.125. The van der Waals surface area contributed by atoms with Gasteiger partial charge in [-0.15, -0.1) is 0 Å². The van der Waals surface area contributed by atoms with Gasteiger partial charge in [-0.1, -0.05) is 35.3 Å². The average Bonchev–Trinajstić information content (AvgIpc) is 2.93. The highest BCUT2D eigenvalue weighted by Crippen LogP contribution is 2.26. The van der Waals surface area contributed by atoms with Gasteiger partial charge in [-0.25, -0.2) is 4.98 Å². The highest BCUT2D eigenvalue weighted by molar-refractivity contribution is 6.42. The normalized spacial score (nSPS) is 10.8. The number of pyridine rings is 1. The highest BCUT2D eigenvalue weighted by atomic mass is 35.5. The van der Waals surface area contributed by atoms with E-state index in [1.165, 1.54) is 0 Å². The molecular weight excluding hydrogens is 305 g/mol. The summed E-state index contributed by atoms with van der Waals surface area (Å²) in [5, 5.41) is 1.15. The molecule has 0 unspecified atom stereocenters. The van der Waals surface area contributed by atoms with Gasteiger partial charge in [-0.2, -0.15) is 0 Å². The molecule has 3 nitrogen and oxygen atoms in total. The molecule has 3 aromatic rings. The Kier molecular flexibility index (Phi) is 3.95. The summed E-state index contributed by atoms with van der Waals surface area (Å²) in [6.45, 7) is 2.66. The number of benzene rings is 1. The quantitative estimate of drug-likeness (QED) is 0.706. The summed E-state index contributed by atoms with van der Waals surface area (Å²) in [6.07, 6.45) is 5.52. The van der Waals surface area contributed by atoms with Crippen LogP contribution in [0, 0.1) is 6.92 Å². The Balaban J connectivity index is 1.87. The van der Waals surface area contributed by atoms with E-state index in [0.29, 0.717) is 16.6 Å². The molecule has 0 amide bonds. The Hall–Kier alpha value is -1.84. The second kappa shape index (κ2) is 5.88. The Bertz CT molecular complexity index is 781. The molecular formula is C16H13Cl2N3. The third-order valence-corrected chi connectivity index (χ3v) is 4.05. The van der Waals surface area contributed by atoms with Crippen molar-refractivity contribution in [2.45, 2.75) is 13.5 Å². The van der Waals surface area contributed by atoms with E-state index in [1.54, 1.807) is 18.6 Å². The largest absolute Gasteiger partial charge is 0.332 e. The number of rotatable bonds is 3. The van der Waals surface area contributed by atoms with Crippen molar-refractivity contribution in [3.8, 4) is 11.4 Å². The van der Waals surface area contributed by atoms with Crippen LogP contribution in [0.15, 0.2) is 49.1 Å². The summed E-state index contributed by atoms with van der Waals surface area (Å²) in [5.74, 6) is 0. The SMILES string of the molecule is Cc1ccnc(-c2cn(Cc3cccc(Cl)c3Cl)cn2)c1. The topological polar surface area (TPSA) is 30.7 Å². The summed E-state index contributed by atoms with van der Waals surface area (Å²) >= 11 is 12.2. The summed E-state index contributed by atoms with van der Waals surface area (Å²) in [6, 6.07) is 9.61. The lowest BCUT2D eigenvalue weighted by Crippen LogP contribution is -1.97. The van der Waals surface area contributed by atoms with Crippen LogP contribution in [0.5, 0.6) is 0 Å². The fourth-order valence-electron chi connectivity index (χ4n) is 2.12.